The molecular weight excluding hydrogens is 1340 g/mol. The van der Waals surface area contributed by atoms with E-state index in [1.54, 1.807) is 0 Å². The highest BCUT2D eigenvalue weighted by atomic mass is 15.2. The molecule has 19 aromatic rings. The first-order valence-electron chi connectivity index (χ1n) is 39.3. The Hall–Kier alpha value is -13.0. The Morgan fingerprint density at radius 3 is 0.775 bits per heavy atom. The second-order valence-corrected chi connectivity index (χ2v) is 34.0. The molecule has 530 valence electrons. The summed E-state index contributed by atoms with van der Waals surface area (Å²) in [6.07, 6.45) is 0. The lowest BCUT2D eigenvalue weighted by molar-refractivity contribution is 0.590. The third-order valence-electron chi connectivity index (χ3n) is 24.3. The minimum absolute atomic E-state index is 0.209. The molecule has 4 heterocycles. The summed E-state index contributed by atoms with van der Waals surface area (Å²) in [6.45, 7) is 21.2. The molecule has 0 spiro atoms. The van der Waals surface area contributed by atoms with Crippen LogP contribution in [0.2, 0.25) is 0 Å². The van der Waals surface area contributed by atoms with E-state index in [4.69, 9.17) is 0 Å². The van der Waals surface area contributed by atoms with Gasteiger partial charge in [0.1, 0.15) is 0 Å². The number of anilines is 6. The molecule has 2 aliphatic heterocycles. The van der Waals surface area contributed by atoms with Crippen LogP contribution < -0.4 is 26.2 Å². The number of aromatic nitrogens is 2. The maximum atomic E-state index is 2.75. The lowest BCUT2D eigenvalue weighted by atomic mass is 9.33. The average molecular weight is 1420 g/mol. The fourth-order valence-electron chi connectivity index (χ4n) is 18.8. The second kappa shape index (κ2) is 24.8. The molecule has 2 aromatic heterocycles. The molecule has 0 amide bonds. The highest BCUT2D eigenvalue weighted by Crippen LogP contribution is 2.56. The summed E-state index contributed by atoms with van der Waals surface area (Å²) in [5.41, 5.74) is 29.7. The van der Waals surface area contributed by atoms with Crippen LogP contribution in [-0.2, 0) is 16.2 Å². The van der Waals surface area contributed by atoms with Gasteiger partial charge < -0.3 is 18.9 Å². The summed E-state index contributed by atoms with van der Waals surface area (Å²) in [7, 11) is 0. The zero-order valence-corrected chi connectivity index (χ0v) is 64.2. The van der Waals surface area contributed by atoms with Gasteiger partial charge in [-0.15, -0.1) is 0 Å². The van der Waals surface area contributed by atoms with Gasteiger partial charge in [0.2, 0.25) is 0 Å². The van der Waals surface area contributed by atoms with Crippen molar-refractivity contribution >= 4 is 144 Å². The highest BCUT2D eigenvalue weighted by Gasteiger charge is 2.47. The van der Waals surface area contributed by atoms with Crippen LogP contribution in [0.15, 0.2) is 340 Å². The first-order chi connectivity index (χ1) is 54.0. The summed E-state index contributed by atoms with van der Waals surface area (Å²) in [6, 6.07) is 130. The SMILES string of the molecule is CC(C)(C)c1cc(-c2ccccc2)c(N2c3cc(-n4c5ccc6ccccc6c5c5c6ccccc6ccc54)ccc3B3c4ccc(-n5c6ccc7ccccc7c6c6c7ccccc7ccc65)cc4N(c4c(-c5ccccc5)cc(C(C)(C)C)cc4-c4ccccc4)c4cc(C(C)(C)C)cc2c43)c(-c2ccccc2)c1. The molecule has 111 heavy (non-hydrogen) atoms. The van der Waals surface area contributed by atoms with Crippen molar-refractivity contribution in [2.24, 2.45) is 0 Å². The van der Waals surface area contributed by atoms with Crippen LogP contribution in [0.25, 0.3) is 143 Å². The van der Waals surface area contributed by atoms with Gasteiger partial charge in [0, 0.05) is 77.9 Å². The third kappa shape index (κ3) is 10.3. The number of hydrogen-bond acceptors (Lipinski definition) is 2. The number of benzene rings is 17. The van der Waals surface area contributed by atoms with Gasteiger partial charge in [-0.2, -0.15) is 0 Å². The first kappa shape index (κ1) is 66.3. The number of hydrogen-bond donors (Lipinski definition) is 0. The minimum Gasteiger partial charge on any atom is -0.310 e. The van der Waals surface area contributed by atoms with E-state index in [0.29, 0.717) is 0 Å². The van der Waals surface area contributed by atoms with Crippen LogP contribution in [-0.4, -0.2) is 15.8 Å². The maximum Gasteiger partial charge on any atom is 0.252 e. The van der Waals surface area contributed by atoms with Gasteiger partial charge in [-0.3, -0.25) is 0 Å². The van der Waals surface area contributed by atoms with Crippen molar-refractivity contribution in [1.82, 2.24) is 9.13 Å². The van der Waals surface area contributed by atoms with Crippen molar-refractivity contribution in [2.75, 3.05) is 9.80 Å². The Bertz CT molecular complexity index is 6340. The van der Waals surface area contributed by atoms with Crippen molar-refractivity contribution in [2.45, 2.75) is 78.6 Å². The molecule has 0 aliphatic carbocycles. The fourth-order valence-corrected chi connectivity index (χ4v) is 18.8. The topological polar surface area (TPSA) is 16.3 Å². The molecule has 0 fully saturated rings. The predicted molar refractivity (Wildman–Crippen MR) is 477 cm³/mol. The third-order valence-corrected chi connectivity index (χ3v) is 24.3. The summed E-state index contributed by atoms with van der Waals surface area (Å²) in [4.78, 5) is 5.50. The van der Waals surface area contributed by atoms with Crippen molar-refractivity contribution in [3.63, 3.8) is 0 Å². The summed E-state index contributed by atoms with van der Waals surface area (Å²) < 4.78 is 5.15. The molecule has 5 heteroatoms. The van der Waals surface area contributed by atoms with Crippen LogP contribution in [0.1, 0.15) is 79.0 Å². The Labute approximate surface area is 649 Å². The van der Waals surface area contributed by atoms with E-state index in [-0.39, 0.29) is 23.0 Å². The van der Waals surface area contributed by atoms with E-state index in [1.807, 2.05) is 0 Å². The smallest absolute Gasteiger partial charge is 0.252 e. The predicted octanol–water partition coefficient (Wildman–Crippen LogP) is 27.1. The van der Waals surface area contributed by atoms with E-state index >= 15 is 0 Å². The highest BCUT2D eigenvalue weighted by molar-refractivity contribution is 7.00. The molecule has 0 atom stereocenters. The summed E-state index contributed by atoms with van der Waals surface area (Å²) >= 11 is 0. The molecule has 0 saturated heterocycles. The molecule has 0 N–H and O–H groups in total. The van der Waals surface area contributed by atoms with Crippen molar-refractivity contribution in [3.8, 4) is 55.9 Å². The van der Waals surface area contributed by atoms with Crippen LogP contribution in [0, 0.1) is 0 Å². The Kier molecular flexibility index (Phi) is 14.8. The number of nitrogens with zero attached hydrogens (tertiary/aromatic N) is 4. The standard InChI is InChI=1S/C106H83BN4/c1-104(2,3)74-58-83(66-30-14-10-15-31-66)102(84(59-74)67-32-16-11-17-33-67)110-93-64-77(108-89-54-46-70-38-22-26-42-79(70)97(89)98-80-43-27-23-39-71(80)47-55-90(98)108)50-52-87(93)107-88-53-51-78(109-91-56-48-72-40-24-28-44-81(72)99(91)100-82-45-29-25-41-73(82)49-57-92(100)109)65-94(88)111(96-63-76(106(7,8)9)62-95(110)101(96)107)103-85(68-34-18-12-19-35-68)60-75(105(4,5)6)61-86(103)69-36-20-13-21-37-69/h10-65H,1-9H3. The molecule has 0 unspecified atom stereocenters. The Morgan fingerprint density at radius 1 is 0.234 bits per heavy atom. The van der Waals surface area contributed by atoms with Gasteiger partial charge in [0.15, 0.2) is 0 Å². The normalized spacial score (nSPS) is 13.0. The summed E-state index contributed by atoms with van der Waals surface area (Å²) in [5.74, 6) is 0. The second-order valence-electron chi connectivity index (χ2n) is 34.0. The molecule has 0 radical (unpaired) electrons. The molecule has 4 nitrogen and oxygen atoms in total. The van der Waals surface area contributed by atoms with Crippen molar-refractivity contribution in [3.05, 3.63) is 356 Å². The molecule has 17 aromatic carbocycles. The van der Waals surface area contributed by atoms with Crippen LogP contribution in [0.5, 0.6) is 0 Å². The first-order valence-corrected chi connectivity index (χ1v) is 39.3. The minimum atomic E-state index is -0.354. The Morgan fingerprint density at radius 2 is 0.495 bits per heavy atom. The molecule has 21 rings (SSSR count). The van der Waals surface area contributed by atoms with Crippen LogP contribution in [0.3, 0.4) is 0 Å². The van der Waals surface area contributed by atoms with Gasteiger partial charge in [-0.1, -0.05) is 317 Å². The van der Waals surface area contributed by atoms with Gasteiger partial charge in [0.25, 0.3) is 6.71 Å². The zero-order chi connectivity index (χ0) is 74.9. The molecule has 0 saturated carbocycles. The monoisotopic (exact) mass is 1420 g/mol. The van der Waals surface area contributed by atoms with Gasteiger partial charge >= 0.3 is 0 Å². The molecule has 2 aliphatic rings. The van der Waals surface area contributed by atoms with Crippen molar-refractivity contribution < 1.29 is 0 Å². The Balaban J connectivity index is 0.951. The van der Waals surface area contributed by atoms with E-state index in [2.05, 4.69) is 421 Å². The molecule has 0 bridgehead atoms. The zero-order valence-electron chi connectivity index (χ0n) is 64.2. The molecular formula is C106H83BN4. The van der Waals surface area contributed by atoms with E-state index in [1.165, 1.54) is 142 Å². The lowest BCUT2D eigenvalue weighted by Crippen LogP contribution is -2.61. The van der Waals surface area contributed by atoms with Gasteiger partial charge in [-0.25, -0.2) is 0 Å². The van der Waals surface area contributed by atoms with Gasteiger partial charge in [0.05, 0.1) is 33.4 Å². The van der Waals surface area contributed by atoms with Gasteiger partial charge in [-0.05, 0) is 200 Å². The largest absolute Gasteiger partial charge is 0.310 e. The number of fused-ring (bicyclic) bond motifs is 18. The fraction of sp³-hybridized carbons (Fsp3) is 0.113. The quantitative estimate of drug-likeness (QED) is 0.141. The van der Waals surface area contributed by atoms with Crippen molar-refractivity contribution in [1.29, 1.82) is 0 Å². The lowest BCUT2D eigenvalue weighted by Gasteiger charge is -2.47. The summed E-state index contributed by atoms with van der Waals surface area (Å²) in [5, 5.41) is 14.9. The van der Waals surface area contributed by atoms with Crippen LogP contribution in [0.4, 0.5) is 34.1 Å². The number of rotatable bonds is 8. The van der Waals surface area contributed by atoms with E-state index < -0.39 is 0 Å². The van der Waals surface area contributed by atoms with E-state index in [0.717, 1.165) is 67.8 Å². The van der Waals surface area contributed by atoms with E-state index in [9.17, 15) is 0 Å². The van der Waals surface area contributed by atoms with Crippen LogP contribution >= 0.6 is 0 Å². The maximum absolute atomic E-state index is 2.75. The average Bonchev–Trinajstić information content (AvgIpc) is 0.843.